The quantitative estimate of drug-likeness (QED) is 0.864. The predicted molar refractivity (Wildman–Crippen MR) is 70.9 cm³/mol. The Balaban J connectivity index is 1.86. The highest BCUT2D eigenvalue weighted by molar-refractivity contribution is 5.17. The number of hydrogen-bond donors (Lipinski definition) is 1. The van der Waals surface area contributed by atoms with Gasteiger partial charge in [-0.2, -0.15) is 0 Å². The monoisotopic (exact) mass is 233 g/mol. The molecule has 0 aliphatic carbocycles. The van der Waals surface area contributed by atoms with E-state index < -0.39 is 0 Å². The van der Waals surface area contributed by atoms with Crippen molar-refractivity contribution in [1.29, 1.82) is 0 Å². The molecule has 1 aliphatic heterocycles. The SMILES string of the molecule is CC1(C)CCCN1CCC(O)c1ccccc1. The molecule has 1 aliphatic rings. The van der Waals surface area contributed by atoms with Crippen LogP contribution in [0, 0.1) is 0 Å². The second-order valence-electron chi connectivity index (χ2n) is 5.62. The van der Waals surface area contributed by atoms with Crippen molar-refractivity contribution in [3.05, 3.63) is 35.9 Å². The van der Waals surface area contributed by atoms with Crippen LogP contribution in [-0.2, 0) is 0 Å². The van der Waals surface area contributed by atoms with Gasteiger partial charge in [-0.05, 0) is 45.2 Å². The van der Waals surface area contributed by atoms with Crippen molar-refractivity contribution in [1.82, 2.24) is 4.90 Å². The zero-order valence-corrected chi connectivity index (χ0v) is 10.9. The van der Waals surface area contributed by atoms with E-state index in [9.17, 15) is 5.11 Å². The molecule has 0 saturated carbocycles. The molecule has 1 heterocycles. The minimum Gasteiger partial charge on any atom is -0.388 e. The maximum atomic E-state index is 10.1. The van der Waals surface area contributed by atoms with E-state index in [1.165, 1.54) is 19.4 Å². The minimum atomic E-state index is -0.326. The van der Waals surface area contributed by atoms with Crippen molar-refractivity contribution in [2.24, 2.45) is 0 Å². The van der Waals surface area contributed by atoms with Gasteiger partial charge < -0.3 is 5.11 Å². The average molecular weight is 233 g/mol. The molecule has 2 nitrogen and oxygen atoms in total. The van der Waals surface area contributed by atoms with E-state index in [0.717, 1.165) is 18.5 Å². The number of benzene rings is 1. The van der Waals surface area contributed by atoms with Crippen molar-refractivity contribution in [3.63, 3.8) is 0 Å². The number of rotatable bonds is 4. The van der Waals surface area contributed by atoms with Crippen LogP contribution >= 0.6 is 0 Å². The molecule has 2 rings (SSSR count). The van der Waals surface area contributed by atoms with Gasteiger partial charge in [-0.15, -0.1) is 0 Å². The first kappa shape index (κ1) is 12.6. The van der Waals surface area contributed by atoms with Crippen molar-refractivity contribution in [2.75, 3.05) is 13.1 Å². The van der Waals surface area contributed by atoms with Gasteiger partial charge in [0.1, 0.15) is 0 Å². The zero-order valence-electron chi connectivity index (χ0n) is 10.9. The molecule has 0 radical (unpaired) electrons. The number of likely N-dealkylation sites (tertiary alicyclic amines) is 1. The van der Waals surface area contributed by atoms with Crippen LogP contribution in [0.4, 0.5) is 0 Å². The van der Waals surface area contributed by atoms with Crippen LogP contribution in [0.25, 0.3) is 0 Å². The topological polar surface area (TPSA) is 23.5 Å². The van der Waals surface area contributed by atoms with E-state index in [1.807, 2.05) is 30.3 Å². The Morgan fingerprint density at radius 3 is 2.59 bits per heavy atom. The van der Waals surface area contributed by atoms with E-state index in [4.69, 9.17) is 0 Å². The fourth-order valence-electron chi connectivity index (χ4n) is 2.70. The Hall–Kier alpha value is -0.860. The van der Waals surface area contributed by atoms with Crippen LogP contribution in [-0.4, -0.2) is 28.6 Å². The van der Waals surface area contributed by atoms with E-state index in [0.29, 0.717) is 5.54 Å². The summed E-state index contributed by atoms with van der Waals surface area (Å²) in [6, 6.07) is 9.95. The highest BCUT2D eigenvalue weighted by atomic mass is 16.3. The summed E-state index contributed by atoms with van der Waals surface area (Å²) in [4.78, 5) is 2.50. The Bertz CT molecular complexity index is 347. The predicted octanol–water partition coefficient (Wildman–Crippen LogP) is 2.98. The lowest BCUT2D eigenvalue weighted by Crippen LogP contribution is -2.39. The maximum absolute atomic E-state index is 10.1. The molecule has 0 aromatic heterocycles. The molecule has 1 atom stereocenters. The van der Waals surface area contributed by atoms with Gasteiger partial charge in [0.15, 0.2) is 0 Å². The first-order chi connectivity index (χ1) is 8.09. The van der Waals surface area contributed by atoms with Gasteiger partial charge in [-0.1, -0.05) is 30.3 Å². The van der Waals surface area contributed by atoms with Crippen LogP contribution in [0.2, 0.25) is 0 Å². The van der Waals surface area contributed by atoms with Crippen LogP contribution in [0.5, 0.6) is 0 Å². The number of hydrogen-bond acceptors (Lipinski definition) is 2. The largest absolute Gasteiger partial charge is 0.388 e. The summed E-state index contributed by atoms with van der Waals surface area (Å²) >= 11 is 0. The van der Waals surface area contributed by atoms with E-state index >= 15 is 0 Å². The third kappa shape index (κ3) is 3.08. The first-order valence-corrected chi connectivity index (χ1v) is 6.58. The highest BCUT2D eigenvalue weighted by Gasteiger charge is 2.31. The lowest BCUT2D eigenvalue weighted by Gasteiger charge is -2.32. The van der Waals surface area contributed by atoms with Crippen molar-refractivity contribution >= 4 is 0 Å². The maximum Gasteiger partial charge on any atom is 0.0802 e. The summed E-state index contributed by atoms with van der Waals surface area (Å²) in [5, 5.41) is 10.1. The Kier molecular flexibility index (Phi) is 3.85. The molecule has 0 amide bonds. The van der Waals surface area contributed by atoms with E-state index in [1.54, 1.807) is 0 Å². The smallest absolute Gasteiger partial charge is 0.0802 e. The molecule has 1 aromatic rings. The first-order valence-electron chi connectivity index (χ1n) is 6.58. The fraction of sp³-hybridized carbons (Fsp3) is 0.600. The molecule has 0 spiro atoms. The summed E-state index contributed by atoms with van der Waals surface area (Å²) in [7, 11) is 0. The normalized spacial score (nSPS) is 21.6. The van der Waals surface area contributed by atoms with Gasteiger partial charge in [-0.3, -0.25) is 4.90 Å². The van der Waals surface area contributed by atoms with Gasteiger partial charge in [-0.25, -0.2) is 0 Å². The molecule has 1 N–H and O–H groups in total. The Morgan fingerprint density at radius 1 is 1.29 bits per heavy atom. The van der Waals surface area contributed by atoms with E-state index in [-0.39, 0.29) is 6.10 Å². The third-order valence-electron chi connectivity index (χ3n) is 3.93. The lowest BCUT2D eigenvalue weighted by molar-refractivity contribution is 0.115. The number of aliphatic hydroxyl groups excluding tert-OH is 1. The van der Waals surface area contributed by atoms with Crippen LogP contribution in [0.15, 0.2) is 30.3 Å². The van der Waals surface area contributed by atoms with Crippen LogP contribution < -0.4 is 0 Å². The van der Waals surface area contributed by atoms with Gasteiger partial charge >= 0.3 is 0 Å². The second kappa shape index (κ2) is 5.19. The fourth-order valence-corrected chi connectivity index (χ4v) is 2.70. The molecule has 1 unspecified atom stereocenters. The van der Waals surface area contributed by atoms with Crippen molar-refractivity contribution < 1.29 is 5.11 Å². The Labute approximate surface area is 104 Å². The molecule has 94 valence electrons. The average Bonchev–Trinajstić information content (AvgIpc) is 2.66. The van der Waals surface area contributed by atoms with Gasteiger partial charge in [0.2, 0.25) is 0 Å². The molecule has 17 heavy (non-hydrogen) atoms. The Morgan fingerprint density at radius 2 is 2.00 bits per heavy atom. The van der Waals surface area contributed by atoms with Gasteiger partial charge in [0.25, 0.3) is 0 Å². The molecular weight excluding hydrogens is 210 g/mol. The standard InChI is InChI=1S/C15H23NO/c1-15(2)10-6-11-16(15)12-9-14(17)13-7-4-3-5-8-13/h3-5,7-8,14,17H,6,9-12H2,1-2H3. The van der Waals surface area contributed by atoms with E-state index in [2.05, 4.69) is 18.7 Å². The summed E-state index contributed by atoms with van der Waals surface area (Å²) < 4.78 is 0. The highest BCUT2D eigenvalue weighted by Crippen LogP contribution is 2.29. The van der Waals surface area contributed by atoms with Gasteiger partial charge in [0.05, 0.1) is 6.10 Å². The summed E-state index contributed by atoms with van der Waals surface area (Å²) in [5.41, 5.74) is 1.35. The number of nitrogens with zero attached hydrogens (tertiary/aromatic N) is 1. The van der Waals surface area contributed by atoms with Crippen LogP contribution in [0.1, 0.15) is 44.8 Å². The molecule has 1 saturated heterocycles. The summed E-state index contributed by atoms with van der Waals surface area (Å²) in [6.07, 6.45) is 3.06. The number of aliphatic hydroxyl groups is 1. The summed E-state index contributed by atoms with van der Waals surface area (Å²) in [6.45, 7) is 6.77. The molecule has 1 aromatic carbocycles. The van der Waals surface area contributed by atoms with Crippen molar-refractivity contribution in [2.45, 2.75) is 44.8 Å². The molecule has 2 heteroatoms. The van der Waals surface area contributed by atoms with Crippen LogP contribution in [0.3, 0.4) is 0 Å². The lowest BCUT2D eigenvalue weighted by atomic mass is 10.0. The third-order valence-corrected chi connectivity index (χ3v) is 3.93. The molecule has 1 fully saturated rings. The van der Waals surface area contributed by atoms with Crippen molar-refractivity contribution in [3.8, 4) is 0 Å². The van der Waals surface area contributed by atoms with Gasteiger partial charge in [0, 0.05) is 12.1 Å². The second-order valence-corrected chi connectivity index (χ2v) is 5.62. The minimum absolute atomic E-state index is 0.316. The molecule has 0 bridgehead atoms. The zero-order chi connectivity index (χ0) is 12.3. The molecular formula is C15H23NO. The summed E-state index contributed by atoms with van der Waals surface area (Å²) in [5.74, 6) is 0.